The second kappa shape index (κ2) is 7.26. The Morgan fingerprint density at radius 2 is 1.79 bits per heavy atom. The number of aryl methyl sites for hydroxylation is 2. The van der Waals surface area contributed by atoms with E-state index in [1.165, 1.54) is 11.3 Å². The van der Waals surface area contributed by atoms with Crippen LogP contribution in [0.15, 0.2) is 28.8 Å². The van der Waals surface area contributed by atoms with Gasteiger partial charge in [-0.2, -0.15) is 4.98 Å². The highest BCUT2D eigenvalue weighted by molar-refractivity contribution is 7.13. The Kier molecular flexibility index (Phi) is 4.58. The first-order valence-corrected chi connectivity index (χ1v) is 10.8. The molecule has 0 atom stereocenters. The molecule has 0 N–H and O–H groups in total. The summed E-state index contributed by atoms with van der Waals surface area (Å²) in [4.78, 5) is 26.7. The van der Waals surface area contributed by atoms with E-state index in [1.807, 2.05) is 30.9 Å². The topological polar surface area (TPSA) is 75.4 Å². The molecule has 1 aliphatic carbocycles. The average molecular weight is 410 g/mol. The van der Waals surface area contributed by atoms with E-state index in [0.29, 0.717) is 24.8 Å². The number of hydrogen-bond donors (Lipinski definition) is 0. The summed E-state index contributed by atoms with van der Waals surface area (Å²) in [5.41, 5.74) is 2.95. The van der Waals surface area contributed by atoms with Gasteiger partial charge in [0.2, 0.25) is 11.7 Å². The van der Waals surface area contributed by atoms with Gasteiger partial charge in [0.25, 0.3) is 5.91 Å². The first-order valence-electron chi connectivity index (χ1n) is 10.0. The van der Waals surface area contributed by atoms with Crippen molar-refractivity contribution < 1.29 is 9.32 Å². The van der Waals surface area contributed by atoms with Gasteiger partial charge in [-0.1, -0.05) is 5.16 Å². The fraction of sp³-hybridized carbons (Fsp3) is 0.429. The summed E-state index contributed by atoms with van der Waals surface area (Å²) in [5, 5.41) is 5.05. The Balaban J connectivity index is 1.22. The van der Waals surface area contributed by atoms with Gasteiger partial charge in [-0.3, -0.25) is 4.79 Å². The largest absolute Gasteiger partial charge is 0.368 e. The number of benzene rings is 1. The number of piperazine rings is 1. The zero-order valence-electron chi connectivity index (χ0n) is 16.6. The number of aromatic nitrogens is 3. The Labute approximate surface area is 173 Å². The summed E-state index contributed by atoms with van der Waals surface area (Å²) in [7, 11) is 0. The van der Waals surface area contributed by atoms with Crippen LogP contribution in [0, 0.1) is 13.8 Å². The van der Waals surface area contributed by atoms with Crippen LogP contribution in [0.5, 0.6) is 0 Å². The molecule has 29 heavy (non-hydrogen) atoms. The van der Waals surface area contributed by atoms with Crippen LogP contribution in [-0.4, -0.2) is 52.1 Å². The van der Waals surface area contributed by atoms with Gasteiger partial charge in [0.05, 0.1) is 10.7 Å². The average Bonchev–Trinajstić information content (AvgIpc) is 3.37. The summed E-state index contributed by atoms with van der Waals surface area (Å²) in [6.45, 7) is 6.91. The fourth-order valence-corrected chi connectivity index (χ4v) is 4.60. The summed E-state index contributed by atoms with van der Waals surface area (Å²) >= 11 is 1.48. The summed E-state index contributed by atoms with van der Waals surface area (Å²) in [5.74, 6) is 1.99. The van der Waals surface area contributed by atoms with Crippen molar-refractivity contribution in [1.82, 2.24) is 20.0 Å². The quantitative estimate of drug-likeness (QED) is 0.655. The van der Waals surface area contributed by atoms with E-state index in [-0.39, 0.29) is 5.91 Å². The molecule has 1 saturated heterocycles. The minimum Gasteiger partial charge on any atom is -0.368 e. The number of hydrogen-bond acceptors (Lipinski definition) is 7. The van der Waals surface area contributed by atoms with Crippen molar-refractivity contribution >= 4 is 22.9 Å². The van der Waals surface area contributed by atoms with Crippen molar-refractivity contribution in [1.29, 1.82) is 0 Å². The summed E-state index contributed by atoms with van der Waals surface area (Å²) in [6, 6.07) is 8.27. The predicted octanol–water partition coefficient (Wildman–Crippen LogP) is 3.65. The molecular weight excluding hydrogens is 386 g/mol. The Morgan fingerprint density at radius 1 is 1.07 bits per heavy atom. The molecule has 0 unspecified atom stereocenters. The molecule has 2 aliphatic rings. The number of anilines is 1. The number of rotatable bonds is 4. The smallest absolute Gasteiger partial charge is 0.265 e. The zero-order valence-corrected chi connectivity index (χ0v) is 17.4. The summed E-state index contributed by atoms with van der Waals surface area (Å²) in [6.07, 6.45) is 2.30. The lowest BCUT2D eigenvalue weighted by atomic mass is 10.1. The molecular formula is C21H23N5O2S. The molecule has 0 bridgehead atoms. The Hall–Kier alpha value is -2.74. The lowest BCUT2D eigenvalue weighted by Gasteiger charge is -2.36. The van der Waals surface area contributed by atoms with E-state index < -0.39 is 0 Å². The third-order valence-corrected chi connectivity index (χ3v) is 6.58. The molecule has 1 saturated carbocycles. The molecule has 8 heteroatoms. The highest BCUT2D eigenvalue weighted by atomic mass is 32.1. The molecule has 3 heterocycles. The normalized spacial score (nSPS) is 17.0. The van der Waals surface area contributed by atoms with E-state index in [1.54, 1.807) is 0 Å². The zero-order chi connectivity index (χ0) is 20.0. The molecule has 2 aromatic heterocycles. The van der Waals surface area contributed by atoms with E-state index in [2.05, 4.69) is 32.2 Å². The lowest BCUT2D eigenvalue weighted by Crippen LogP contribution is -2.48. The van der Waals surface area contributed by atoms with Gasteiger partial charge in [0, 0.05) is 43.3 Å². The lowest BCUT2D eigenvalue weighted by molar-refractivity contribution is 0.0750. The molecule has 0 spiro atoms. The Bertz CT molecular complexity index is 1030. The van der Waals surface area contributed by atoms with Crippen LogP contribution in [0.2, 0.25) is 0 Å². The van der Waals surface area contributed by atoms with Gasteiger partial charge in [0.1, 0.15) is 4.88 Å². The van der Waals surface area contributed by atoms with Crippen molar-refractivity contribution in [2.24, 2.45) is 0 Å². The molecule has 0 radical (unpaired) electrons. The van der Waals surface area contributed by atoms with Crippen LogP contribution >= 0.6 is 11.3 Å². The van der Waals surface area contributed by atoms with E-state index in [9.17, 15) is 4.79 Å². The number of nitrogens with zero attached hydrogens (tertiary/aromatic N) is 5. The Morgan fingerprint density at radius 3 is 2.41 bits per heavy atom. The molecule has 1 aromatic carbocycles. The van der Waals surface area contributed by atoms with Crippen LogP contribution in [0.25, 0.3) is 11.4 Å². The second-order valence-corrected chi connectivity index (χ2v) is 8.91. The van der Waals surface area contributed by atoms with Crippen molar-refractivity contribution in [2.45, 2.75) is 32.6 Å². The molecule has 1 aliphatic heterocycles. The first-order chi connectivity index (χ1) is 14.1. The first kappa shape index (κ1) is 18.3. The molecule has 1 amide bonds. The van der Waals surface area contributed by atoms with Crippen molar-refractivity contribution in [3.8, 4) is 11.4 Å². The fourth-order valence-electron chi connectivity index (χ4n) is 3.71. The third kappa shape index (κ3) is 3.64. The standard InChI is InChI=1S/C21H23N5O2S/c1-13-18(29-14(2)22-13)21(27)26-11-9-25(10-12-26)17-7-5-15(6-8-17)19-23-20(28-24-19)16-3-4-16/h5-8,16H,3-4,9-12H2,1-2H3. The maximum atomic E-state index is 12.8. The van der Waals surface area contributed by atoms with Crippen LogP contribution in [0.1, 0.15) is 45.0 Å². The van der Waals surface area contributed by atoms with Crippen LogP contribution < -0.4 is 4.90 Å². The maximum absolute atomic E-state index is 12.8. The molecule has 150 valence electrons. The number of thiazole rings is 1. The minimum absolute atomic E-state index is 0.103. The minimum atomic E-state index is 0.103. The van der Waals surface area contributed by atoms with Crippen LogP contribution in [0.4, 0.5) is 5.69 Å². The number of carbonyl (C=O) groups excluding carboxylic acids is 1. The third-order valence-electron chi connectivity index (χ3n) is 5.52. The van der Waals surface area contributed by atoms with Gasteiger partial charge in [-0.25, -0.2) is 4.98 Å². The van der Waals surface area contributed by atoms with Gasteiger partial charge >= 0.3 is 0 Å². The highest BCUT2D eigenvalue weighted by Gasteiger charge is 2.30. The van der Waals surface area contributed by atoms with Gasteiger partial charge in [-0.05, 0) is 51.0 Å². The van der Waals surface area contributed by atoms with Gasteiger partial charge in [-0.15, -0.1) is 11.3 Å². The molecule has 7 nitrogen and oxygen atoms in total. The van der Waals surface area contributed by atoms with Gasteiger partial charge < -0.3 is 14.3 Å². The van der Waals surface area contributed by atoms with E-state index in [0.717, 1.165) is 58.7 Å². The van der Waals surface area contributed by atoms with E-state index in [4.69, 9.17) is 4.52 Å². The monoisotopic (exact) mass is 409 g/mol. The predicted molar refractivity (Wildman–Crippen MR) is 111 cm³/mol. The van der Waals surface area contributed by atoms with Crippen molar-refractivity contribution in [3.05, 3.63) is 45.7 Å². The maximum Gasteiger partial charge on any atom is 0.265 e. The van der Waals surface area contributed by atoms with Gasteiger partial charge in [0.15, 0.2) is 0 Å². The van der Waals surface area contributed by atoms with Crippen molar-refractivity contribution in [3.63, 3.8) is 0 Å². The number of carbonyl (C=O) groups is 1. The van der Waals surface area contributed by atoms with E-state index >= 15 is 0 Å². The highest BCUT2D eigenvalue weighted by Crippen LogP contribution is 2.39. The summed E-state index contributed by atoms with van der Waals surface area (Å²) < 4.78 is 5.36. The van der Waals surface area contributed by atoms with Crippen LogP contribution in [-0.2, 0) is 0 Å². The second-order valence-electron chi connectivity index (χ2n) is 7.70. The molecule has 5 rings (SSSR count). The van der Waals surface area contributed by atoms with Crippen LogP contribution in [0.3, 0.4) is 0 Å². The molecule has 2 fully saturated rings. The molecule has 3 aromatic rings. The number of amides is 1. The van der Waals surface area contributed by atoms with Crippen molar-refractivity contribution in [2.75, 3.05) is 31.1 Å². The SMILES string of the molecule is Cc1nc(C)c(C(=O)N2CCN(c3ccc(-c4noc(C5CC5)n4)cc3)CC2)s1.